The minimum atomic E-state index is -0.599. The zero-order valence-electron chi connectivity index (χ0n) is 17.8. The van der Waals surface area contributed by atoms with Gasteiger partial charge >= 0.3 is 5.97 Å². The molecular weight excluding hydrogens is 412 g/mol. The quantitative estimate of drug-likeness (QED) is 0.435. The Hall–Kier alpha value is -2.67. The third-order valence-corrected chi connectivity index (χ3v) is 6.34. The summed E-state index contributed by atoms with van der Waals surface area (Å²) >= 11 is 1.75. The maximum Gasteiger partial charge on any atom is 0.332 e. The van der Waals surface area contributed by atoms with Gasteiger partial charge in [0.2, 0.25) is 0 Å². The molecule has 1 aliphatic heterocycles. The van der Waals surface area contributed by atoms with Crippen LogP contribution in [0.4, 0.5) is 0 Å². The minimum Gasteiger partial charge on any atom is -0.489 e. The van der Waals surface area contributed by atoms with Gasteiger partial charge in [0.15, 0.2) is 0 Å². The molecule has 1 aliphatic rings. The Morgan fingerprint density at radius 1 is 1.13 bits per heavy atom. The molecule has 0 radical (unpaired) electrons. The van der Waals surface area contributed by atoms with Gasteiger partial charge in [-0.1, -0.05) is 30.3 Å². The highest BCUT2D eigenvalue weighted by Crippen LogP contribution is 2.35. The summed E-state index contributed by atoms with van der Waals surface area (Å²) in [6.07, 6.45) is 0. The van der Waals surface area contributed by atoms with E-state index >= 15 is 0 Å². The molecule has 2 aromatic carbocycles. The van der Waals surface area contributed by atoms with Crippen molar-refractivity contribution in [2.75, 3.05) is 26.4 Å². The monoisotopic (exact) mass is 438 g/mol. The van der Waals surface area contributed by atoms with E-state index in [1.54, 1.807) is 18.3 Å². The van der Waals surface area contributed by atoms with Crippen LogP contribution in [0.15, 0.2) is 60.0 Å². The second-order valence-electron chi connectivity index (χ2n) is 7.53. The molecule has 0 atom stereocenters. The molecule has 0 bridgehead atoms. The molecule has 4 rings (SSSR count). The Balaban J connectivity index is 1.38. The van der Waals surface area contributed by atoms with Gasteiger partial charge in [0.1, 0.15) is 24.6 Å². The van der Waals surface area contributed by atoms with Gasteiger partial charge in [-0.05, 0) is 65.7 Å². The molecule has 1 aromatic heterocycles. The van der Waals surface area contributed by atoms with Gasteiger partial charge in [-0.2, -0.15) is 0 Å². The van der Waals surface area contributed by atoms with E-state index in [1.165, 1.54) is 16.0 Å². The highest BCUT2D eigenvalue weighted by molar-refractivity contribution is 7.13. The number of carbonyl (C=O) groups is 1. The summed E-state index contributed by atoms with van der Waals surface area (Å²) in [6.45, 7) is 5.49. The third kappa shape index (κ3) is 4.98. The van der Waals surface area contributed by atoms with Crippen molar-refractivity contribution in [2.45, 2.75) is 26.1 Å². The molecule has 0 unspecified atom stereocenters. The number of rotatable bonds is 9. The maximum atomic E-state index is 11.6. The first-order valence-electron chi connectivity index (χ1n) is 10.3. The first-order chi connectivity index (χ1) is 15.1. The molecule has 0 N–H and O–H groups in total. The molecule has 0 aliphatic carbocycles. The summed E-state index contributed by atoms with van der Waals surface area (Å²) in [5, 5.41) is 2.12. The van der Waals surface area contributed by atoms with Crippen LogP contribution in [0.5, 0.6) is 5.75 Å². The fraction of sp³-hybridized carbons (Fsp3) is 0.320. The van der Waals surface area contributed by atoms with Crippen molar-refractivity contribution in [3.63, 3.8) is 0 Å². The largest absolute Gasteiger partial charge is 0.489 e. The summed E-state index contributed by atoms with van der Waals surface area (Å²) < 4.78 is 22.2. The number of ether oxygens (including phenoxy) is 4. The first kappa shape index (κ1) is 21.6. The van der Waals surface area contributed by atoms with Crippen LogP contribution < -0.4 is 4.74 Å². The Morgan fingerprint density at radius 3 is 2.58 bits per heavy atom. The maximum absolute atomic E-state index is 11.6. The van der Waals surface area contributed by atoms with Crippen molar-refractivity contribution < 1.29 is 23.7 Å². The van der Waals surface area contributed by atoms with E-state index in [-0.39, 0.29) is 12.6 Å². The molecule has 31 heavy (non-hydrogen) atoms. The second kappa shape index (κ2) is 9.64. The van der Waals surface area contributed by atoms with Crippen molar-refractivity contribution in [3.05, 3.63) is 76.7 Å². The van der Waals surface area contributed by atoms with Crippen molar-refractivity contribution in [2.24, 2.45) is 0 Å². The van der Waals surface area contributed by atoms with E-state index in [9.17, 15) is 4.79 Å². The third-order valence-electron chi connectivity index (χ3n) is 5.28. The van der Waals surface area contributed by atoms with E-state index < -0.39 is 5.60 Å². The predicted molar refractivity (Wildman–Crippen MR) is 120 cm³/mol. The van der Waals surface area contributed by atoms with E-state index in [1.807, 2.05) is 24.3 Å². The van der Waals surface area contributed by atoms with Gasteiger partial charge in [-0.25, -0.2) is 4.79 Å². The standard InChI is InChI=1S/C25H26O5S/c1-3-28-23(26)15-30-25(16-27-17-25)21-7-9-22(10-8-21)29-14-19-5-4-6-20(13-19)24-18(2)11-12-31-24/h4-13H,3,14-17H2,1-2H3. The van der Waals surface area contributed by atoms with Crippen molar-refractivity contribution >= 4 is 17.3 Å². The molecule has 5 nitrogen and oxygen atoms in total. The van der Waals surface area contributed by atoms with E-state index in [2.05, 4.69) is 42.6 Å². The number of esters is 1. The zero-order chi connectivity index (χ0) is 21.7. The summed E-state index contributed by atoms with van der Waals surface area (Å²) in [7, 11) is 0. The normalized spacial score (nSPS) is 14.6. The molecule has 162 valence electrons. The van der Waals surface area contributed by atoms with Crippen molar-refractivity contribution in [3.8, 4) is 16.2 Å². The lowest BCUT2D eigenvalue weighted by atomic mass is 9.91. The van der Waals surface area contributed by atoms with Gasteiger partial charge in [0.25, 0.3) is 0 Å². The van der Waals surface area contributed by atoms with Crippen molar-refractivity contribution in [1.82, 2.24) is 0 Å². The van der Waals surface area contributed by atoms with Gasteiger partial charge in [0, 0.05) is 4.88 Å². The predicted octanol–water partition coefficient (Wildman–Crippen LogP) is 5.11. The average Bonchev–Trinajstić information content (AvgIpc) is 3.19. The Morgan fingerprint density at radius 2 is 1.94 bits per heavy atom. The number of hydrogen-bond acceptors (Lipinski definition) is 6. The van der Waals surface area contributed by atoms with E-state index in [0.29, 0.717) is 26.4 Å². The van der Waals surface area contributed by atoms with E-state index in [4.69, 9.17) is 18.9 Å². The molecule has 0 amide bonds. The fourth-order valence-corrected chi connectivity index (χ4v) is 4.44. The van der Waals surface area contributed by atoms with Crippen LogP contribution >= 0.6 is 11.3 Å². The first-order valence-corrected chi connectivity index (χ1v) is 11.2. The molecule has 0 spiro atoms. The van der Waals surface area contributed by atoms with Crippen LogP contribution in [0, 0.1) is 6.92 Å². The average molecular weight is 439 g/mol. The van der Waals surface area contributed by atoms with Crippen LogP contribution in [-0.4, -0.2) is 32.4 Å². The summed E-state index contributed by atoms with van der Waals surface area (Å²) in [5.41, 5.74) is 3.99. The number of carbonyl (C=O) groups excluding carboxylic acids is 1. The van der Waals surface area contributed by atoms with Crippen molar-refractivity contribution in [1.29, 1.82) is 0 Å². The molecule has 2 heterocycles. The van der Waals surface area contributed by atoms with Crippen LogP contribution in [0.3, 0.4) is 0 Å². The number of aryl methyl sites for hydroxylation is 1. The molecule has 1 saturated heterocycles. The SMILES string of the molecule is CCOC(=O)COC1(c2ccc(OCc3cccc(-c4sccc4C)c3)cc2)COC1. The van der Waals surface area contributed by atoms with Crippen LogP contribution in [0.2, 0.25) is 0 Å². The second-order valence-corrected chi connectivity index (χ2v) is 8.44. The summed E-state index contributed by atoms with van der Waals surface area (Å²) in [4.78, 5) is 12.9. The summed E-state index contributed by atoms with van der Waals surface area (Å²) in [6, 6.07) is 18.4. The Kier molecular flexibility index (Phi) is 6.70. The molecule has 6 heteroatoms. The smallest absolute Gasteiger partial charge is 0.332 e. The highest BCUT2D eigenvalue weighted by Gasteiger charge is 2.42. The number of hydrogen-bond donors (Lipinski definition) is 0. The van der Waals surface area contributed by atoms with Gasteiger partial charge in [0.05, 0.1) is 19.8 Å². The van der Waals surface area contributed by atoms with Gasteiger partial charge in [-0.3, -0.25) is 0 Å². The van der Waals surface area contributed by atoms with Crippen LogP contribution in [0.1, 0.15) is 23.6 Å². The Labute approximate surface area is 186 Å². The van der Waals surface area contributed by atoms with Crippen LogP contribution in [-0.2, 0) is 31.2 Å². The molecule has 1 fully saturated rings. The molecule has 3 aromatic rings. The van der Waals surface area contributed by atoms with Crippen LogP contribution in [0.25, 0.3) is 10.4 Å². The number of thiophene rings is 1. The molecular formula is C25H26O5S. The lowest BCUT2D eigenvalue weighted by Crippen LogP contribution is -2.49. The zero-order valence-corrected chi connectivity index (χ0v) is 18.6. The lowest BCUT2D eigenvalue weighted by Gasteiger charge is -2.41. The molecule has 0 saturated carbocycles. The summed E-state index contributed by atoms with van der Waals surface area (Å²) in [5.74, 6) is 0.413. The Bertz CT molecular complexity index is 1020. The van der Waals surface area contributed by atoms with Gasteiger partial charge < -0.3 is 18.9 Å². The highest BCUT2D eigenvalue weighted by atomic mass is 32.1. The van der Waals surface area contributed by atoms with Gasteiger partial charge in [-0.15, -0.1) is 11.3 Å². The lowest BCUT2D eigenvalue weighted by molar-refractivity contribution is -0.221. The van der Waals surface area contributed by atoms with E-state index in [0.717, 1.165) is 16.9 Å². The fourth-order valence-electron chi connectivity index (χ4n) is 3.51. The minimum absolute atomic E-state index is 0.0878. The topological polar surface area (TPSA) is 54.0 Å². The number of benzene rings is 2.